The van der Waals surface area contributed by atoms with Crippen molar-refractivity contribution >= 4 is 11.3 Å². The zero-order valence-corrected chi connectivity index (χ0v) is 11.9. The van der Waals surface area contributed by atoms with Crippen LogP contribution in [0.25, 0.3) is 5.52 Å². The summed E-state index contributed by atoms with van der Waals surface area (Å²) < 4.78 is 1.90. The van der Waals surface area contributed by atoms with Crippen LogP contribution in [0.5, 0.6) is 0 Å². The number of hydrogen-bond donors (Lipinski definition) is 1. The van der Waals surface area contributed by atoms with Gasteiger partial charge < -0.3 is 5.32 Å². The number of rotatable bonds is 2. The highest BCUT2D eigenvalue weighted by atomic mass is 15.2. The molecule has 4 nitrogen and oxygen atoms in total. The lowest BCUT2D eigenvalue weighted by atomic mass is 9.79. The Morgan fingerprint density at radius 2 is 2.11 bits per heavy atom. The van der Waals surface area contributed by atoms with Gasteiger partial charge in [-0.2, -0.15) is 5.10 Å². The van der Waals surface area contributed by atoms with Gasteiger partial charge in [0.25, 0.3) is 0 Å². The van der Waals surface area contributed by atoms with E-state index < -0.39 is 0 Å². The summed E-state index contributed by atoms with van der Waals surface area (Å²) in [6, 6.07) is 2.63. The zero-order valence-electron chi connectivity index (χ0n) is 11.9. The van der Waals surface area contributed by atoms with Crippen LogP contribution in [0.4, 0.5) is 5.82 Å². The zero-order chi connectivity index (χ0) is 13.4. The lowest BCUT2D eigenvalue weighted by molar-refractivity contribution is 0.260. The van der Waals surface area contributed by atoms with Crippen molar-refractivity contribution in [3.05, 3.63) is 24.2 Å². The third kappa shape index (κ3) is 2.44. The van der Waals surface area contributed by atoms with Crippen LogP contribution in [0.2, 0.25) is 0 Å². The van der Waals surface area contributed by atoms with E-state index in [0.29, 0.717) is 6.04 Å². The van der Waals surface area contributed by atoms with Gasteiger partial charge in [-0.15, -0.1) is 0 Å². The minimum atomic E-state index is 0.542. The first kappa shape index (κ1) is 12.5. The third-order valence-electron chi connectivity index (χ3n) is 4.45. The summed E-state index contributed by atoms with van der Waals surface area (Å²) in [6.45, 7) is 6.73. The smallest absolute Gasteiger partial charge is 0.152 e. The van der Waals surface area contributed by atoms with Crippen molar-refractivity contribution in [1.29, 1.82) is 0 Å². The van der Waals surface area contributed by atoms with Gasteiger partial charge in [0.1, 0.15) is 5.52 Å². The Morgan fingerprint density at radius 3 is 2.89 bits per heavy atom. The molecule has 19 heavy (non-hydrogen) atoms. The molecule has 1 aliphatic carbocycles. The summed E-state index contributed by atoms with van der Waals surface area (Å²) in [6.07, 6.45) is 7.49. The summed E-state index contributed by atoms with van der Waals surface area (Å²) in [4.78, 5) is 4.49. The maximum Gasteiger partial charge on any atom is 0.152 e. The molecule has 0 aromatic carbocycles. The number of aryl methyl sites for hydroxylation is 1. The fourth-order valence-corrected chi connectivity index (χ4v) is 3.03. The van der Waals surface area contributed by atoms with Gasteiger partial charge in [-0.1, -0.05) is 13.8 Å². The summed E-state index contributed by atoms with van der Waals surface area (Å²) in [5.41, 5.74) is 2.10. The van der Waals surface area contributed by atoms with E-state index >= 15 is 0 Å². The highest BCUT2D eigenvalue weighted by Crippen LogP contribution is 2.31. The first-order valence-electron chi connectivity index (χ1n) is 7.21. The number of nitrogens with zero attached hydrogens (tertiary/aromatic N) is 3. The van der Waals surface area contributed by atoms with E-state index in [-0.39, 0.29) is 0 Å². The topological polar surface area (TPSA) is 42.2 Å². The van der Waals surface area contributed by atoms with Crippen LogP contribution in [-0.4, -0.2) is 20.6 Å². The molecule has 0 radical (unpaired) electrons. The molecular formula is C15H22N4. The molecule has 3 rings (SSSR count). The molecule has 3 atom stereocenters. The minimum Gasteiger partial charge on any atom is -0.366 e. The van der Waals surface area contributed by atoms with E-state index in [9.17, 15) is 0 Å². The Morgan fingerprint density at radius 1 is 1.26 bits per heavy atom. The van der Waals surface area contributed by atoms with Crippen LogP contribution in [0.1, 0.15) is 38.8 Å². The van der Waals surface area contributed by atoms with Gasteiger partial charge in [0.05, 0.1) is 5.69 Å². The third-order valence-corrected chi connectivity index (χ3v) is 4.45. The molecule has 3 unspecified atom stereocenters. The van der Waals surface area contributed by atoms with E-state index in [1.807, 2.05) is 23.8 Å². The highest BCUT2D eigenvalue weighted by Gasteiger charge is 2.25. The number of nitrogens with one attached hydrogen (secondary N) is 1. The first-order chi connectivity index (χ1) is 9.13. The van der Waals surface area contributed by atoms with Crippen molar-refractivity contribution in [2.75, 3.05) is 5.32 Å². The van der Waals surface area contributed by atoms with Crippen LogP contribution in [0.15, 0.2) is 18.5 Å². The number of aromatic nitrogens is 3. The van der Waals surface area contributed by atoms with Crippen LogP contribution < -0.4 is 5.32 Å². The molecule has 0 amide bonds. The maximum atomic E-state index is 4.49. The summed E-state index contributed by atoms with van der Waals surface area (Å²) in [7, 11) is 0. The fourth-order valence-electron chi connectivity index (χ4n) is 3.03. The summed E-state index contributed by atoms with van der Waals surface area (Å²) in [5, 5.41) is 8.05. The van der Waals surface area contributed by atoms with Gasteiger partial charge in [-0.25, -0.2) is 9.50 Å². The normalized spacial score (nSPS) is 27.6. The first-order valence-corrected chi connectivity index (χ1v) is 7.21. The molecule has 1 saturated carbocycles. The predicted octanol–water partition coefficient (Wildman–Crippen LogP) is 3.27. The largest absolute Gasteiger partial charge is 0.366 e. The van der Waals surface area contributed by atoms with Gasteiger partial charge in [0, 0.05) is 18.4 Å². The van der Waals surface area contributed by atoms with Gasteiger partial charge in [-0.05, 0) is 44.1 Å². The molecule has 0 bridgehead atoms. The molecule has 1 aliphatic rings. The lowest BCUT2D eigenvalue weighted by Gasteiger charge is -2.32. The second kappa shape index (κ2) is 4.83. The van der Waals surface area contributed by atoms with E-state index in [1.54, 1.807) is 0 Å². The van der Waals surface area contributed by atoms with Crippen molar-refractivity contribution in [3.63, 3.8) is 0 Å². The van der Waals surface area contributed by atoms with Gasteiger partial charge >= 0.3 is 0 Å². The number of hydrogen-bond acceptors (Lipinski definition) is 3. The van der Waals surface area contributed by atoms with E-state index in [0.717, 1.165) is 28.9 Å². The average Bonchev–Trinajstić information content (AvgIpc) is 2.75. The monoisotopic (exact) mass is 258 g/mol. The molecule has 1 fully saturated rings. The van der Waals surface area contributed by atoms with E-state index in [4.69, 9.17) is 0 Å². The molecule has 0 spiro atoms. The second-order valence-electron chi connectivity index (χ2n) is 6.00. The quantitative estimate of drug-likeness (QED) is 0.899. The molecule has 0 aliphatic heterocycles. The Balaban J connectivity index is 1.81. The molecule has 2 aromatic heterocycles. The van der Waals surface area contributed by atoms with Crippen LogP contribution in [-0.2, 0) is 0 Å². The predicted molar refractivity (Wildman–Crippen MR) is 77.3 cm³/mol. The van der Waals surface area contributed by atoms with Gasteiger partial charge in [-0.3, -0.25) is 0 Å². The fraction of sp³-hybridized carbons (Fsp3) is 0.600. The molecule has 2 aromatic rings. The Hall–Kier alpha value is -1.58. The Bertz CT molecular complexity index is 575. The van der Waals surface area contributed by atoms with Crippen molar-refractivity contribution in [2.24, 2.45) is 11.8 Å². The van der Waals surface area contributed by atoms with Crippen LogP contribution in [0.3, 0.4) is 0 Å². The molecule has 102 valence electrons. The molecule has 2 heterocycles. The standard InChI is InChI=1S/C15H22N4/c1-10-4-5-13(8-11(10)2)17-15-14-9-12(3)18-19(14)7-6-16-15/h6-7,9-11,13H,4-5,8H2,1-3H3,(H,16,17). The molecule has 1 N–H and O–H groups in total. The Labute approximate surface area is 114 Å². The van der Waals surface area contributed by atoms with Crippen LogP contribution >= 0.6 is 0 Å². The van der Waals surface area contributed by atoms with Crippen molar-refractivity contribution in [1.82, 2.24) is 14.6 Å². The molecule has 4 heteroatoms. The molecule has 0 saturated heterocycles. The lowest BCUT2D eigenvalue weighted by Crippen LogP contribution is -2.30. The molecular weight excluding hydrogens is 236 g/mol. The van der Waals surface area contributed by atoms with E-state index in [1.165, 1.54) is 19.3 Å². The maximum absolute atomic E-state index is 4.49. The Kier molecular flexibility index (Phi) is 3.17. The van der Waals surface area contributed by atoms with Gasteiger partial charge in [0.15, 0.2) is 5.82 Å². The van der Waals surface area contributed by atoms with Crippen molar-refractivity contribution < 1.29 is 0 Å². The summed E-state index contributed by atoms with van der Waals surface area (Å²) >= 11 is 0. The van der Waals surface area contributed by atoms with E-state index in [2.05, 4.69) is 35.3 Å². The second-order valence-corrected chi connectivity index (χ2v) is 6.00. The SMILES string of the molecule is Cc1cc2c(NC3CCC(C)C(C)C3)nccn2n1. The van der Waals surface area contributed by atoms with Crippen LogP contribution in [0, 0.1) is 18.8 Å². The average molecular weight is 258 g/mol. The number of fused-ring (bicyclic) bond motifs is 1. The van der Waals surface area contributed by atoms with Crippen molar-refractivity contribution in [2.45, 2.75) is 46.1 Å². The van der Waals surface area contributed by atoms with Crippen molar-refractivity contribution in [3.8, 4) is 0 Å². The minimum absolute atomic E-state index is 0.542. The number of anilines is 1. The summed E-state index contributed by atoms with van der Waals surface area (Å²) in [5.74, 6) is 2.60. The van der Waals surface area contributed by atoms with Gasteiger partial charge in [0.2, 0.25) is 0 Å². The highest BCUT2D eigenvalue weighted by molar-refractivity contribution is 5.68.